The lowest BCUT2D eigenvalue weighted by Gasteiger charge is -2.18. The minimum Gasteiger partial charge on any atom is -0.384 e. The summed E-state index contributed by atoms with van der Waals surface area (Å²) in [6, 6.07) is 1.38. The molecule has 0 fully saturated rings. The van der Waals surface area contributed by atoms with Crippen molar-refractivity contribution in [3.63, 3.8) is 0 Å². The third kappa shape index (κ3) is 4.90. The molecule has 1 aromatic heterocycles. The average Bonchev–Trinajstić information content (AvgIpc) is 2.41. The fourth-order valence-electron chi connectivity index (χ4n) is 1.42. The number of aliphatic hydroxyl groups is 1. The maximum atomic E-state index is 12.1. The van der Waals surface area contributed by atoms with Crippen LogP contribution in [-0.4, -0.2) is 47.3 Å². The molecule has 0 aliphatic heterocycles. The quantitative estimate of drug-likeness (QED) is 0.856. The Morgan fingerprint density at radius 1 is 1.50 bits per heavy atom. The number of amides is 1. The van der Waals surface area contributed by atoms with E-state index in [-0.39, 0.29) is 17.7 Å². The van der Waals surface area contributed by atoms with Gasteiger partial charge in [0.05, 0.1) is 17.5 Å². The van der Waals surface area contributed by atoms with E-state index in [4.69, 9.17) is 5.11 Å². The highest BCUT2D eigenvalue weighted by molar-refractivity contribution is 5.96. The van der Waals surface area contributed by atoms with Crippen molar-refractivity contribution >= 4 is 5.91 Å². The van der Waals surface area contributed by atoms with Gasteiger partial charge in [0.25, 0.3) is 5.91 Å². The van der Waals surface area contributed by atoms with Crippen LogP contribution in [0.1, 0.15) is 22.3 Å². The van der Waals surface area contributed by atoms with Crippen molar-refractivity contribution in [2.24, 2.45) is 0 Å². The summed E-state index contributed by atoms with van der Waals surface area (Å²) in [5.41, 5.74) is 0.427. The lowest BCUT2D eigenvalue weighted by Crippen LogP contribution is -2.31. The largest absolute Gasteiger partial charge is 0.390 e. The van der Waals surface area contributed by atoms with Gasteiger partial charge in [-0.2, -0.15) is 13.2 Å². The third-order valence-electron chi connectivity index (χ3n) is 2.43. The minimum absolute atomic E-state index is 0.158. The zero-order valence-electron chi connectivity index (χ0n) is 10.7. The Kier molecular flexibility index (Phi) is 5.53. The Morgan fingerprint density at radius 2 is 2.20 bits per heavy atom. The predicted molar refractivity (Wildman–Crippen MR) is 65.8 cm³/mol. The van der Waals surface area contributed by atoms with E-state index in [0.717, 1.165) is 4.90 Å². The topological polar surface area (TPSA) is 53.4 Å². The highest BCUT2D eigenvalue weighted by Crippen LogP contribution is 2.20. The molecule has 7 heteroatoms. The number of carbonyl (C=O) groups is 1. The Labute approximate surface area is 114 Å². The number of rotatable bonds is 3. The van der Waals surface area contributed by atoms with E-state index >= 15 is 0 Å². The van der Waals surface area contributed by atoms with Gasteiger partial charge in [-0.05, 0) is 6.07 Å². The number of hydrogen-bond acceptors (Lipinski definition) is 3. The molecule has 1 aromatic rings. The number of alkyl halides is 3. The van der Waals surface area contributed by atoms with Crippen molar-refractivity contribution in [2.45, 2.75) is 12.6 Å². The molecule has 4 nitrogen and oxygen atoms in total. The van der Waals surface area contributed by atoms with Crippen molar-refractivity contribution < 1.29 is 23.1 Å². The lowest BCUT2D eigenvalue weighted by molar-refractivity contribution is -0.136. The molecular weight excluding hydrogens is 273 g/mol. The van der Waals surface area contributed by atoms with E-state index in [1.54, 1.807) is 0 Å². The molecule has 1 heterocycles. The Hall–Kier alpha value is -2.07. The number of aromatic nitrogens is 1. The first-order valence-corrected chi connectivity index (χ1v) is 5.71. The molecule has 0 aromatic carbocycles. The predicted octanol–water partition coefficient (Wildman–Crippen LogP) is 1.45. The molecule has 0 bridgehead atoms. The van der Waals surface area contributed by atoms with Gasteiger partial charge in [-0.25, -0.2) is 0 Å². The second-order valence-corrected chi connectivity index (χ2v) is 3.97. The van der Waals surface area contributed by atoms with Crippen LogP contribution < -0.4 is 0 Å². The molecule has 0 aliphatic rings. The highest BCUT2D eigenvalue weighted by Gasteiger charge is 2.28. The van der Waals surface area contributed by atoms with Gasteiger partial charge in [0, 0.05) is 26.0 Å². The van der Waals surface area contributed by atoms with Crippen molar-refractivity contribution in [3.05, 3.63) is 29.6 Å². The first-order chi connectivity index (χ1) is 9.35. The van der Waals surface area contributed by atoms with E-state index < -0.39 is 25.0 Å². The first-order valence-electron chi connectivity index (χ1n) is 5.71. The van der Waals surface area contributed by atoms with Gasteiger partial charge in [-0.3, -0.25) is 9.78 Å². The van der Waals surface area contributed by atoms with Gasteiger partial charge in [-0.1, -0.05) is 11.8 Å². The number of pyridine rings is 1. The van der Waals surface area contributed by atoms with Crippen molar-refractivity contribution in [1.29, 1.82) is 0 Å². The van der Waals surface area contributed by atoms with Crippen LogP contribution in [0, 0.1) is 11.8 Å². The molecular formula is C13H13F3N2O2. The average molecular weight is 286 g/mol. The Morgan fingerprint density at radius 3 is 2.80 bits per heavy atom. The second-order valence-electron chi connectivity index (χ2n) is 3.97. The summed E-state index contributed by atoms with van der Waals surface area (Å²) in [6.45, 7) is -0.816. The van der Waals surface area contributed by atoms with Crippen molar-refractivity contribution in [3.8, 4) is 11.8 Å². The Balaban J connectivity index is 2.86. The smallest absolute Gasteiger partial charge is 0.384 e. The molecule has 1 amide bonds. The van der Waals surface area contributed by atoms with Gasteiger partial charge < -0.3 is 10.0 Å². The first kappa shape index (κ1) is 16.0. The van der Waals surface area contributed by atoms with E-state index in [9.17, 15) is 18.0 Å². The number of carbonyl (C=O) groups excluding carboxylic acids is 1. The van der Waals surface area contributed by atoms with E-state index in [1.165, 1.54) is 25.5 Å². The number of nitrogens with zero attached hydrogens (tertiary/aromatic N) is 2. The minimum atomic E-state index is -4.31. The lowest BCUT2D eigenvalue weighted by atomic mass is 10.1. The van der Waals surface area contributed by atoms with Crippen LogP contribution in [0.2, 0.25) is 0 Å². The van der Waals surface area contributed by atoms with Gasteiger partial charge in [-0.15, -0.1) is 0 Å². The van der Waals surface area contributed by atoms with Gasteiger partial charge in [0.15, 0.2) is 0 Å². The molecule has 0 unspecified atom stereocenters. The van der Waals surface area contributed by atoms with Crippen LogP contribution in [0.3, 0.4) is 0 Å². The fraction of sp³-hybridized carbons (Fsp3) is 0.385. The highest BCUT2D eigenvalue weighted by atomic mass is 19.4. The molecule has 0 aliphatic carbocycles. The fourth-order valence-corrected chi connectivity index (χ4v) is 1.42. The van der Waals surface area contributed by atoms with Gasteiger partial charge >= 0.3 is 6.18 Å². The van der Waals surface area contributed by atoms with Crippen LogP contribution in [-0.2, 0) is 0 Å². The summed E-state index contributed by atoms with van der Waals surface area (Å²) in [7, 11) is 1.29. The maximum absolute atomic E-state index is 12.1. The standard InChI is InChI=1S/C13H13F3N2O2/c1-18(7-5-13(14,15)16)12(20)11-4-6-17-9-10(11)3-2-8-19/h4,6,9,19H,5,7-8H2,1H3. The van der Waals surface area contributed by atoms with E-state index in [0.29, 0.717) is 0 Å². The van der Waals surface area contributed by atoms with Crippen LogP contribution in [0.25, 0.3) is 0 Å². The number of aliphatic hydroxyl groups excluding tert-OH is 1. The van der Waals surface area contributed by atoms with E-state index in [1.807, 2.05) is 0 Å². The molecule has 0 saturated carbocycles. The summed E-state index contributed by atoms with van der Waals surface area (Å²) in [4.78, 5) is 16.8. The Bertz CT molecular complexity index is 532. The molecule has 0 atom stereocenters. The summed E-state index contributed by atoms with van der Waals surface area (Å²) in [5.74, 6) is 4.34. The molecule has 1 N–H and O–H groups in total. The summed E-state index contributed by atoms with van der Waals surface area (Å²) >= 11 is 0. The number of hydrogen-bond donors (Lipinski definition) is 1. The maximum Gasteiger partial charge on any atom is 0.390 e. The number of halogens is 3. The molecule has 0 radical (unpaired) electrons. The van der Waals surface area contributed by atoms with Crippen LogP contribution in [0.4, 0.5) is 13.2 Å². The zero-order chi connectivity index (χ0) is 15.2. The zero-order valence-corrected chi connectivity index (χ0v) is 10.7. The van der Waals surface area contributed by atoms with Crippen molar-refractivity contribution in [2.75, 3.05) is 20.2 Å². The SMILES string of the molecule is CN(CCC(F)(F)F)C(=O)c1ccncc1C#CCO. The summed E-state index contributed by atoms with van der Waals surface area (Å²) in [5, 5.41) is 8.63. The molecule has 0 saturated heterocycles. The molecule has 20 heavy (non-hydrogen) atoms. The summed E-state index contributed by atoms with van der Waals surface area (Å²) < 4.78 is 36.4. The van der Waals surface area contributed by atoms with Crippen LogP contribution >= 0.6 is 0 Å². The monoisotopic (exact) mass is 286 g/mol. The van der Waals surface area contributed by atoms with Crippen LogP contribution in [0.5, 0.6) is 0 Å². The normalized spacial score (nSPS) is 10.7. The van der Waals surface area contributed by atoms with Crippen molar-refractivity contribution in [1.82, 2.24) is 9.88 Å². The third-order valence-corrected chi connectivity index (χ3v) is 2.43. The molecule has 0 spiro atoms. The molecule has 108 valence electrons. The van der Waals surface area contributed by atoms with E-state index in [2.05, 4.69) is 16.8 Å². The second kappa shape index (κ2) is 6.91. The van der Waals surface area contributed by atoms with Crippen LogP contribution in [0.15, 0.2) is 18.5 Å². The molecule has 1 rings (SSSR count). The van der Waals surface area contributed by atoms with Gasteiger partial charge in [0.1, 0.15) is 6.61 Å². The van der Waals surface area contributed by atoms with Gasteiger partial charge in [0.2, 0.25) is 0 Å². The summed E-state index contributed by atoms with van der Waals surface area (Å²) in [6.07, 6.45) is -2.70.